The molecule has 5 heteroatoms. The molecule has 1 aliphatic heterocycles. The molecule has 0 saturated carbocycles. The van der Waals surface area contributed by atoms with Crippen molar-refractivity contribution < 1.29 is 9.90 Å². The zero-order valence-corrected chi connectivity index (χ0v) is 11.7. The molecule has 104 valence electrons. The van der Waals surface area contributed by atoms with Crippen LogP contribution in [0, 0.1) is 5.92 Å². The molecule has 4 nitrogen and oxygen atoms in total. The largest absolute Gasteiger partial charge is 0.506 e. The molecule has 0 spiro atoms. The summed E-state index contributed by atoms with van der Waals surface area (Å²) in [5, 5.41) is 9.57. The molecule has 2 rings (SSSR count). The first-order chi connectivity index (χ1) is 8.99. The van der Waals surface area contributed by atoms with Crippen LogP contribution in [0.25, 0.3) is 0 Å². The molecule has 0 bridgehead atoms. The lowest BCUT2D eigenvalue weighted by Gasteiger charge is -2.33. The van der Waals surface area contributed by atoms with Crippen LogP contribution in [0.3, 0.4) is 0 Å². The van der Waals surface area contributed by atoms with Crippen LogP contribution in [0.4, 0.5) is 0 Å². The lowest BCUT2D eigenvalue weighted by atomic mass is 9.90. The van der Waals surface area contributed by atoms with Gasteiger partial charge in [0.15, 0.2) is 0 Å². The fourth-order valence-corrected chi connectivity index (χ4v) is 2.63. The van der Waals surface area contributed by atoms with Gasteiger partial charge in [-0.2, -0.15) is 0 Å². The van der Waals surface area contributed by atoms with Gasteiger partial charge in [0.1, 0.15) is 5.75 Å². The number of aromatic hydroxyl groups is 1. The van der Waals surface area contributed by atoms with E-state index >= 15 is 0 Å². The fourth-order valence-electron chi connectivity index (χ4n) is 2.45. The first kappa shape index (κ1) is 14.2. The van der Waals surface area contributed by atoms with Crippen molar-refractivity contribution in [2.75, 3.05) is 13.1 Å². The van der Waals surface area contributed by atoms with Crippen molar-refractivity contribution >= 4 is 17.5 Å². The molecule has 1 aromatic rings. The minimum atomic E-state index is -0.0370. The Balaban J connectivity index is 2.03. The van der Waals surface area contributed by atoms with Gasteiger partial charge in [0.25, 0.3) is 5.91 Å². The number of likely N-dealkylation sites (tertiary alicyclic amines) is 1. The number of carbonyl (C=O) groups excluding carboxylic acids is 1. The van der Waals surface area contributed by atoms with E-state index in [0.717, 1.165) is 25.9 Å². The Morgan fingerprint density at radius 1 is 1.47 bits per heavy atom. The van der Waals surface area contributed by atoms with Crippen molar-refractivity contribution in [2.24, 2.45) is 11.7 Å². The number of hydrogen-bond donors (Lipinski definition) is 2. The lowest BCUT2D eigenvalue weighted by Crippen LogP contribution is -2.42. The van der Waals surface area contributed by atoms with Gasteiger partial charge in [-0.15, -0.1) is 0 Å². The van der Waals surface area contributed by atoms with E-state index in [2.05, 4.69) is 0 Å². The van der Waals surface area contributed by atoms with E-state index in [-0.39, 0.29) is 22.7 Å². The van der Waals surface area contributed by atoms with E-state index in [4.69, 9.17) is 17.3 Å². The zero-order valence-electron chi connectivity index (χ0n) is 11.0. The second-order valence-electron chi connectivity index (χ2n) is 5.15. The van der Waals surface area contributed by atoms with Gasteiger partial charge in [-0.25, -0.2) is 0 Å². The van der Waals surface area contributed by atoms with E-state index in [1.54, 1.807) is 6.07 Å². The second kappa shape index (κ2) is 5.80. The van der Waals surface area contributed by atoms with Crippen LogP contribution in [-0.2, 0) is 0 Å². The van der Waals surface area contributed by atoms with Gasteiger partial charge in [-0.1, -0.05) is 11.6 Å². The van der Waals surface area contributed by atoms with E-state index in [0.29, 0.717) is 11.5 Å². The van der Waals surface area contributed by atoms with Crippen molar-refractivity contribution in [3.05, 3.63) is 28.8 Å². The minimum absolute atomic E-state index is 0.00567. The molecule has 1 amide bonds. The number of phenolic OH excluding ortho intramolecular Hbond substituents is 1. The molecular formula is C14H19ClN2O2. The van der Waals surface area contributed by atoms with Crippen LogP contribution in [-0.4, -0.2) is 35.0 Å². The summed E-state index contributed by atoms with van der Waals surface area (Å²) in [6.45, 7) is 3.47. The van der Waals surface area contributed by atoms with E-state index in [1.807, 2.05) is 11.8 Å². The van der Waals surface area contributed by atoms with Crippen LogP contribution in [0.5, 0.6) is 5.75 Å². The highest BCUT2D eigenvalue weighted by Gasteiger charge is 2.25. The summed E-state index contributed by atoms with van der Waals surface area (Å²) >= 11 is 5.82. The van der Waals surface area contributed by atoms with E-state index in [9.17, 15) is 9.90 Å². The van der Waals surface area contributed by atoms with Crippen LogP contribution in [0.15, 0.2) is 18.2 Å². The number of piperidine rings is 1. The van der Waals surface area contributed by atoms with Crippen molar-refractivity contribution in [1.29, 1.82) is 0 Å². The topological polar surface area (TPSA) is 66.6 Å². The number of benzene rings is 1. The Morgan fingerprint density at radius 3 is 2.63 bits per heavy atom. The van der Waals surface area contributed by atoms with Gasteiger partial charge >= 0.3 is 0 Å². The van der Waals surface area contributed by atoms with Crippen LogP contribution >= 0.6 is 11.6 Å². The molecule has 1 aliphatic rings. The highest BCUT2D eigenvalue weighted by atomic mass is 35.5. The molecule has 1 aromatic carbocycles. The number of phenols is 1. The Morgan fingerprint density at radius 2 is 2.11 bits per heavy atom. The summed E-state index contributed by atoms with van der Waals surface area (Å²) in [6.07, 6.45) is 1.88. The smallest absolute Gasteiger partial charge is 0.253 e. The highest BCUT2D eigenvalue weighted by molar-refractivity contribution is 6.32. The number of nitrogens with two attached hydrogens (primary N) is 1. The summed E-state index contributed by atoms with van der Waals surface area (Å²) in [4.78, 5) is 14.1. The number of hydrogen-bond acceptors (Lipinski definition) is 3. The third kappa shape index (κ3) is 3.19. The molecular weight excluding hydrogens is 264 g/mol. The summed E-state index contributed by atoms with van der Waals surface area (Å²) in [5.74, 6) is 0.450. The van der Waals surface area contributed by atoms with Crippen molar-refractivity contribution in [2.45, 2.75) is 25.8 Å². The maximum Gasteiger partial charge on any atom is 0.253 e. The molecule has 0 radical (unpaired) electrons. The van der Waals surface area contributed by atoms with E-state index in [1.165, 1.54) is 12.1 Å². The Hall–Kier alpha value is -1.26. The van der Waals surface area contributed by atoms with Crippen LogP contribution in [0.1, 0.15) is 30.1 Å². The molecule has 1 atom stereocenters. The summed E-state index contributed by atoms with van der Waals surface area (Å²) < 4.78 is 0. The molecule has 0 aliphatic carbocycles. The number of amides is 1. The average Bonchev–Trinajstić information content (AvgIpc) is 2.41. The van der Waals surface area contributed by atoms with Crippen LogP contribution < -0.4 is 5.73 Å². The predicted molar refractivity (Wildman–Crippen MR) is 75.4 cm³/mol. The first-order valence-corrected chi connectivity index (χ1v) is 6.90. The molecule has 3 N–H and O–H groups in total. The van der Waals surface area contributed by atoms with Crippen LogP contribution in [0.2, 0.25) is 5.02 Å². The number of halogens is 1. The van der Waals surface area contributed by atoms with Gasteiger partial charge in [0.05, 0.1) is 5.02 Å². The van der Waals surface area contributed by atoms with Gasteiger partial charge in [-0.3, -0.25) is 4.79 Å². The van der Waals surface area contributed by atoms with Crippen molar-refractivity contribution in [1.82, 2.24) is 4.90 Å². The summed E-state index contributed by atoms with van der Waals surface area (Å²) in [6, 6.07) is 4.74. The van der Waals surface area contributed by atoms with Gasteiger partial charge in [0.2, 0.25) is 0 Å². The fraction of sp³-hybridized carbons (Fsp3) is 0.500. The maximum absolute atomic E-state index is 12.3. The van der Waals surface area contributed by atoms with Crippen molar-refractivity contribution in [3.8, 4) is 5.75 Å². The Bertz CT molecular complexity index is 469. The number of rotatable bonds is 2. The summed E-state index contributed by atoms with van der Waals surface area (Å²) in [7, 11) is 0. The van der Waals surface area contributed by atoms with Gasteiger partial charge in [0, 0.05) is 24.7 Å². The third-order valence-electron chi connectivity index (χ3n) is 3.77. The monoisotopic (exact) mass is 282 g/mol. The molecule has 1 saturated heterocycles. The maximum atomic E-state index is 12.3. The molecule has 0 aromatic heterocycles. The molecule has 1 fully saturated rings. The van der Waals surface area contributed by atoms with E-state index < -0.39 is 0 Å². The quantitative estimate of drug-likeness (QED) is 0.874. The average molecular weight is 283 g/mol. The number of nitrogens with zero attached hydrogens (tertiary/aromatic N) is 1. The van der Waals surface area contributed by atoms with Gasteiger partial charge < -0.3 is 15.7 Å². The summed E-state index contributed by atoms with van der Waals surface area (Å²) in [5.41, 5.74) is 6.40. The predicted octanol–water partition coefficient (Wildman–Crippen LogP) is 2.25. The Kier molecular flexibility index (Phi) is 4.32. The minimum Gasteiger partial charge on any atom is -0.506 e. The molecule has 1 unspecified atom stereocenters. The second-order valence-corrected chi connectivity index (χ2v) is 5.56. The lowest BCUT2D eigenvalue weighted by molar-refractivity contribution is 0.0681. The number of carbonyl (C=O) groups is 1. The third-order valence-corrected chi connectivity index (χ3v) is 4.07. The van der Waals surface area contributed by atoms with Crippen molar-refractivity contribution in [3.63, 3.8) is 0 Å². The normalized spacial score (nSPS) is 18.4. The molecule has 19 heavy (non-hydrogen) atoms. The first-order valence-electron chi connectivity index (χ1n) is 6.52. The standard InChI is InChI=1S/C14H19ClN2O2/c1-9(16)10-4-6-17(7-5-10)14(19)11-2-3-13(18)12(15)8-11/h2-3,8-10,18H,4-7,16H2,1H3. The highest BCUT2D eigenvalue weighted by Crippen LogP contribution is 2.26. The molecule has 1 heterocycles. The van der Waals surface area contributed by atoms with Gasteiger partial charge in [-0.05, 0) is 43.9 Å². The SMILES string of the molecule is CC(N)C1CCN(C(=O)c2ccc(O)c(Cl)c2)CC1. The Labute approximate surface area is 118 Å². The zero-order chi connectivity index (χ0) is 14.0.